The smallest absolute Gasteiger partial charge is 0.363 e. The van der Waals surface area contributed by atoms with E-state index in [4.69, 9.17) is 4.84 Å². The van der Waals surface area contributed by atoms with Crippen LogP contribution in [0.25, 0.3) is 5.57 Å². The molecule has 178 valence electrons. The summed E-state index contributed by atoms with van der Waals surface area (Å²) in [5, 5.41) is 0.562. The van der Waals surface area contributed by atoms with Gasteiger partial charge in [-0.25, -0.2) is 9.37 Å². The van der Waals surface area contributed by atoms with Crippen molar-refractivity contribution in [3.05, 3.63) is 95.1 Å². The fraction of sp³-hybridized carbons (Fsp3) is 0.214. The van der Waals surface area contributed by atoms with E-state index in [1.54, 1.807) is 12.1 Å². The van der Waals surface area contributed by atoms with Crippen LogP contribution in [-0.2, 0) is 14.4 Å². The summed E-state index contributed by atoms with van der Waals surface area (Å²) in [6.07, 6.45) is 8.42. The zero-order valence-electron chi connectivity index (χ0n) is 20.3. The minimum absolute atomic E-state index is 0.0581. The lowest BCUT2D eigenvalue weighted by Crippen LogP contribution is -2.32. The molecule has 0 atom stereocenters. The third-order valence-corrected chi connectivity index (χ3v) is 5.93. The molecule has 1 fully saturated rings. The Labute approximate surface area is 204 Å². The van der Waals surface area contributed by atoms with Crippen molar-refractivity contribution in [2.75, 3.05) is 33.1 Å². The number of imide groups is 1. The molecule has 2 amide bonds. The molecular formula is C28H28N3O4+. The number of carbonyl (C=O) groups is 3. The van der Waals surface area contributed by atoms with E-state index in [2.05, 4.69) is 48.6 Å². The standard InChI is InChI=1S/C28H28N3O4/c1-29(2)23-13-9-20(10-14-23)27(21-11-15-24(16-12-21)30(3)4)19-5-7-22(8-6-19)28(34)35-31-25(32)17-18-26(31)33/h5-16H,17-18H2,1-4H3/q+1. The summed E-state index contributed by atoms with van der Waals surface area (Å²) in [7, 11) is 8.00. The first-order chi connectivity index (χ1) is 16.7. The number of nitrogens with zero attached hydrogens (tertiary/aromatic N) is 3. The third kappa shape index (κ3) is 5.14. The highest BCUT2D eigenvalue weighted by atomic mass is 16.7. The molecule has 2 aliphatic rings. The van der Waals surface area contributed by atoms with Gasteiger partial charge in [0.15, 0.2) is 5.71 Å². The van der Waals surface area contributed by atoms with Crippen LogP contribution in [0.15, 0.2) is 78.4 Å². The monoisotopic (exact) mass is 470 g/mol. The van der Waals surface area contributed by atoms with E-state index in [1.807, 2.05) is 49.8 Å². The van der Waals surface area contributed by atoms with Gasteiger partial charge in [-0.2, -0.15) is 0 Å². The predicted molar refractivity (Wildman–Crippen MR) is 135 cm³/mol. The Morgan fingerprint density at radius 2 is 1.29 bits per heavy atom. The lowest BCUT2D eigenvalue weighted by atomic mass is 9.90. The van der Waals surface area contributed by atoms with Crippen molar-refractivity contribution >= 4 is 34.8 Å². The molecule has 1 aliphatic carbocycles. The van der Waals surface area contributed by atoms with Crippen LogP contribution in [0.1, 0.15) is 34.3 Å². The minimum atomic E-state index is -0.743. The van der Waals surface area contributed by atoms with Crippen LogP contribution >= 0.6 is 0 Å². The van der Waals surface area contributed by atoms with E-state index in [-0.39, 0.29) is 18.4 Å². The molecule has 7 heteroatoms. The molecule has 7 nitrogen and oxygen atoms in total. The molecule has 0 saturated carbocycles. The van der Waals surface area contributed by atoms with Gasteiger partial charge in [-0.15, -0.1) is 5.06 Å². The second-order valence-corrected chi connectivity index (χ2v) is 8.80. The molecular weight excluding hydrogens is 442 g/mol. The first kappa shape index (κ1) is 23.9. The maximum atomic E-state index is 12.5. The van der Waals surface area contributed by atoms with Gasteiger partial charge in [0, 0.05) is 44.8 Å². The average molecular weight is 471 g/mol. The first-order valence-electron chi connectivity index (χ1n) is 11.4. The summed E-state index contributed by atoms with van der Waals surface area (Å²) in [6, 6.07) is 15.3. The molecule has 2 aromatic carbocycles. The second kappa shape index (κ2) is 9.93. The number of benzene rings is 2. The van der Waals surface area contributed by atoms with Crippen molar-refractivity contribution < 1.29 is 23.8 Å². The third-order valence-electron chi connectivity index (χ3n) is 5.93. The van der Waals surface area contributed by atoms with Crippen LogP contribution in [0.4, 0.5) is 5.69 Å². The number of allylic oxidation sites excluding steroid dienone is 5. The van der Waals surface area contributed by atoms with E-state index in [9.17, 15) is 14.4 Å². The SMILES string of the molecule is CN(C)c1ccc(C(=C2C=CC(=[N+](C)C)C=C2)c2ccc(C(=O)ON3C(=O)CCC3=O)cc2)cc1. The van der Waals surface area contributed by atoms with E-state index in [0.717, 1.165) is 33.7 Å². The van der Waals surface area contributed by atoms with Crippen molar-refractivity contribution in [1.29, 1.82) is 0 Å². The van der Waals surface area contributed by atoms with Gasteiger partial charge < -0.3 is 9.74 Å². The van der Waals surface area contributed by atoms with E-state index < -0.39 is 17.8 Å². The molecule has 1 heterocycles. The van der Waals surface area contributed by atoms with Gasteiger partial charge in [-0.05, 0) is 58.7 Å². The van der Waals surface area contributed by atoms with Crippen LogP contribution in [0.5, 0.6) is 0 Å². The molecule has 0 radical (unpaired) electrons. The largest absolute Gasteiger partial charge is 0.378 e. The summed E-state index contributed by atoms with van der Waals surface area (Å²) >= 11 is 0. The first-order valence-corrected chi connectivity index (χ1v) is 11.4. The summed E-state index contributed by atoms with van der Waals surface area (Å²) < 4.78 is 2.05. The quantitative estimate of drug-likeness (QED) is 0.493. The summed E-state index contributed by atoms with van der Waals surface area (Å²) in [5.41, 5.74) is 6.47. The highest BCUT2D eigenvalue weighted by molar-refractivity contribution is 6.04. The van der Waals surface area contributed by atoms with Crippen molar-refractivity contribution in [3.8, 4) is 0 Å². The van der Waals surface area contributed by atoms with Crippen LogP contribution in [0, 0.1) is 0 Å². The van der Waals surface area contributed by atoms with Gasteiger partial charge in [0.2, 0.25) is 0 Å². The van der Waals surface area contributed by atoms with Gasteiger partial charge in [-0.3, -0.25) is 9.59 Å². The maximum Gasteiger partial charge on any atom is 0.363 e. The Balaban J connectivity index is 1.68. The molecule has 0 aromatic heterocycles. The van der Waals surface area contributed by atoms with Crippen molar-refractivity contribution in [1.82, 2.24) is 5.06 Å². The molecule has 1 aliphatic heterocycles. The highest BCUT2D eigenvalue weighted by Crippen LogP contribution is 2.31. The number of rotatable bonds is 5. The fourth-order valence-corrected chi connectivity index (χ4v) is 3.92. The molecule has 0 N–H and O–H groups in total. The number of amides is 2. The number of anilines is 1. The average Bonchev–Trinajstić information content (AvgIpc) is 3.17. The lowest BCUT2D eigenvalue weighted by Gasteiger charge is -2.17. The second-order valence-electron chi connectivity index (χ2n) is 8.80. The molecule has 0 spiro atoms. The minimum Gasteiger partial charge on any atom is -0.378 e. The molecule has 4 rings (SSSR count). The summed E-state index contributed by atoms with van der Waals surface area (Å²) in [5.74, 6) is -1.75. The van der Waals surface area contributed by atoms with Crippen LogP contribution in [-0.4, -0.2) is 61.3 Å². The van der Waals surface area contributed by atoms with Crippen LogP contribution in [0.3, 0.4) is 0 Å². The van der Waals surface area contributed by atoms with Gasteiger partial charge >= 0.3 is 5.97 Å². The highest BCUT2D eigenvalue weighted by Gasteiger charge is 2.33. The van der Waals surface area contributed by atoms with Gasteiger partial charge in [-0.1, -0.05) is 24.3 Å². The maximum absolute atomic E-state index is 12.5. The summed E-state index contributed by atoms with van der Waals surface area (Å²) in [4.78, 5) is 43.1. The number of hydrogen-bond donors (Lipinski definition) is 0. The topological polar surface area (TPSA) is 69.9 Å². The van der Waals surface area contributed by atoms with Crippen LogP contribution < -0.4 is 4.90 Å². The summed E-state index contributed by atoms with van der Waals surface area (Å²) in [6.45, 7) is 0. The van der Waals surface area contributed by atoms with Crippen molar-refractivity contribution in [2.24, 2.45) is 0 Å². The Morgan fingerprint density at radius 1 is 0.800 bits per heavy atom. The Morgan fingerprint density at radius 3 is 1.77 bits per heavy atom. The fourth-order valence-electron chi connectivity index (χ4n) is 3.92. The Kier molecular flexibility index (Phi) is 6.78. The van der Waals surface area contributed by atoms with Gasteiger partial charge in [0.05, 0.1) is 5.56 Å². The van der Waals surface area contributed by atoms with Crippen molar-refractivity contribution in [2.45, 2.75) is 12.8 Å². The lowest BCUT2D eigenvalue weighted by molar-refractivity contribution is -0.462. The Hall–Kier alpha value is -4.26. The normalized spacial score (nSPS) is 15.0. The van der Waals surface area contributed by atoms with E-state index in [0.29, 0.717) is 5.06 Å². The number of carbonyl (C=O) groups excluding carboxylic acids is 3. The zero-order valence-corrected chi connectivity index (χ0v) is 20.3. The van der Waals surface area contributed by atoms with E-state index >= 15 is 0 Å². The van der Waals surface area contributed by atoms with Gasteiger partial charge in [0.1, 0.15) is 14.1 Å². The number of hydrogen-bond acceptors (Lipinski definition) is 5. The van der Waals surface area contributed by atoms with Gasteiger partial charge in [0.25, 0.3) is 11.8 Å². The zero-order chi connectivity index (χ0) is 25.1. The van der Waals surface area contributed by atoms with Crippen molar-refractivity contribution in [3.63, 3.8) is 0 Å². The predicted octanol–water partition coefficient (Wildman–Crippen LogP) is 3.61. The molecule has 1 saturated heterocycles. The molecule has 35 heavy (non-hydrogen) atoms. The Bertz CT molecular complexity index is 1260. The molecule has 0 unspecified atom stereocenters. The molecule has 2 aromatic rings. The van der Waals surface area contributed by atoms with Crippen LogP contribution in [0.2, 0.25) is 0 Å². The molecule has 0 bridgehead atoms. The van der Waals surface area contributed by atoms with E-state index in [1.165, 1.54) is 0 Å². The number of hydroxylamine groups is 2.